The summed E-state index contributed by atoms with van der Waals surface area (Å²) in [6, 6.07) is 0.637. The van der Waals surface area contributed by atoms with Crippen LogP contribution in [0.1, 0.15) is 27.7 Å². The van der Waals surface area contributed by atoms with Gasteiger partial charge in [-0.25, -0.2) is 0 Å². The van der Waals surface area contributed by atoms with Crippen LogP contribution in [0.25, 0.3) is 0 Å². The van der Waals surface area contributed by atoms with E-state index in [9.17, 15) is 0 Å². The van der Waals surface area contributed by atoms with Crippen molar-refractivity contribution in [3.05, 3.63) is 0 Å². The zero-order chi connectivity index (χ0) is 10.1. The zero-order valence-electron chi connectivity index (χ0n) is 9.30. The number of hydrogen-bond acceptors (Lipinski definition) is 2. The molecule has 1 fully saturated rings. The van der Waals surface area contributed by atoms with Gasteiger partial charge in [0.15, 0.2) is 0 Å². The molecule has 1 N–H and O–H groups in total. The molecule has 0 aromatic heterocycles. The first-order valence-corrected chi connectivity index (χ1v) is 5.82. The molecule has 3 unspecified atom stereocenters. The molecular formula is C10H23N2P. The smallest absolute Gasteiger partial charge is 0.0255 e. The zero-order valence-corrected chi connectivity index (χ0v) is 10.5. The maximum absolute atomic E-state index is 3.56. The quantitative estimate of drug-likeness (QED) is 0.645. The van der Waals surface area contributed by atoms with E-state index in [4.69, 9.17) is 0 Å². The summed E-state index contributed by atoms with van der Waals surface area (Å²) in [6.07, 6.45) is 0. The van der Waals surface area contributed by atoms with Gasteiger partial charge in [0, 0.05) is 31.2 Å². The Balaban J connectivity index is 2.52. The molecule has 2 nitrogen and oxygen atoms in total. The van der Waals surface area contributed by atoms with Gasteiger partial charge in [0.25, 0.3) is 0 Å². The number of hydrogen-bond donors (Lipinski definition) is 1. The van der Waals surface area contributed by atoms with Crippen molar-refractivity contribution < 1.29 is 0 Å². The van der Waals surface area contributed by atoms with Crippen LogP contribution in [0, 0.1) is 0 Å². The second kappa shape index (κ2) is 4.25. The van der Waals surface area contributed by atoms with Crippen LogP contribution < -0.4 is 5.32 Å². The summed E-state index contributed by atoms with van der Waals surface area (Å²) in [6.45, 7) is 12.6. The lowest BCUT2D eigenvalue weighted by Gasteiger charge is -2.43. The van der Waals surface area contributed by atoms with E-state index in [1.54, 1.807) is 0 Å². The van der Waals surface area contributed by atoms with Gasteiger partial charge in [0.05, 0.1) is 0 Å². The molecule has 1 rings (SSSR count). The average Bonchev–Trinajstić information content (AvgIpc) is 2.03. The lowest BCUT2D eigenvalue weighted by atomic mass is 10.0. The highest BCUT2D eigenvalue weighted by Crippen LogP contribution is 2.18. The van der Waals surface area contributed by atoms with E-state index < -0.39 is 0 Å². The second-order valence-corrected chi connectivity index (χ2v) is 6.09. The molecule has 3 heteroatoms. The van der Waals surface area contributed by atoms with Crippen LogP contribution in [0.2, 0.25) is 0 Å². The van der Waals surface area contributed by atoms with Crippen LogP contribution in [0.15, 0.2) is 0 Å². The predicted molar refractivity (Wildman–Crippen MR) is 62.3 cm³/mol. The summed E-state index contributed by atoms with van der Waals surface area (Å²) < 4.78 is 0. The Morgan fingerprint density at radius 1 is 1.46 bits per heavy atom. The number of nitrogens with zero attached hydrogens (tertiary/aromatic N) is 1. The molecule has 1 heterocycles. The standard InChI is InChI=1S/C10H23N2P/c1-8(13)9-7-12(6-5-11-9)10(2,3)4/h8-9,11H,5-7,13H2,1-4H3. The number of rotatable bonds is 1. The van der Waals surface area contributed by atoms with Crippen molar-refractivity contribution in [2.24, 2.45) is 0 Å². The molecule has 0 saturated carbocycles. The number of piperazine rings is 1. The lowest BCUT2D eigenvalue weighted by Crippen LogP contribution is -2.58. The highest BCUT2D eigenvalue weighted by Gasteiger charge is 2.28. The van der Waals surface area contributed by atoms with Crippen LogP contribution in [0.5, 0.6) is 0 Å². The Bertz CT molecular complexity index is 163. The van der Waals surface area contributed by atoms with Crippen LogP contribution >= 0.6 is 9.24 Å². The first-order chi connectivity index (χ1) is 5.91. The summed E-state index contributed by atoms with van der Waals surface area (Å²) in [5, 5.41) is 3.56. The first-order valence-electron chi connectivity index (χ1n) is 5.15. The van der Waals surface area contributed by atoms with Crippen molar-refractivity contribution >= 4 is 9.24 Å². The van der Waals surface area contributed by atoms with Crippen molar-refractivity contribution in [1.29, 1.82) is 0 Å². The van der Waals surface area contributed by atoms with Crippen molar-refractivity contribution in [3.8, 4) is 0 Å². The van der Waals surface area contributed by atoms with Crippen molar-refractivity contribution in [3.63, 3.8) is 0 Å². The molecule has 78 valence electrons. The van der Waals surface area contributed by atoms with Gasteiger partial charge in [-0.3, -0.25) is 4.90 Å². The summed E-state index contributed by atoms with van der Waals surface area (Å²) in [5.74, 6) is 0. The molecule has 0 radical (unpaired) electrons. The molecule has 1 saturated heterocycles. The summed E-state index contributed by atoms with van der Waals surface area (Å²) >= 11 is 0. The molecule has 0 aromatic carbocycles. The first kappa shape index (κ1) is 11.4. The minimum atomic E-state index is 0.319. The van der Waals surface area contributed by atoms with E-state index in [0.29, 0.717) is 17.2 Å². The van der Waals surface area contributed by atoms with Crippen molar-refractivity contribution in [2.45, 2.75) is 44.9 Å². The Labute approximate surface area is 84.7 Å². The number of nitrogens with one attached hydrogen (secondary N) is 1. The fourth-order valence-electron chi connectivity index (χ4n) is 1.74. The van der Waals surface area contributed by atoms with Crippen LogP contribution in [0.4, 0.5) is 0 Å². The topological polar surface area (TPSA) is 15.3 Å². The van der Waals surface area contributed by atoms with E-state index >= 15 is 0 Å². The highest BCUT2D eigenvalue weighted by molar-refractivity contribution is 7.17. The van der Waals surface area contributed by atoms with Gasteiger partial charge in [-0.2, -0.15) is 0 Å². The minimum absolute atomic E-state index is 0.319. The average molecular weight is 202 g/mol. The minimum Gasteiger partial charge on any atom is -0.311 e. The van der Waals surface area contributed by atoms with E-state index in [1.165, 1.54) is 13.1 Å². The molecule has 0 amide bonds. The lowest BCUT2D eigenvalue weighted by molar-refractivity contribution is 0.0960. The Hall–Kier alpha value is 0.350. The van der Waals surface area contributed by atoms with Crippen LogP contribution in [0.3, 0.4) is 0 Å². The maximum atomic E-state index is 3.56. The SMILES string of the molecule is CC(P)C1CN(C(C)(C)C)CCN1. The van der Waals surface area contributed by atoms with Crippen LogP contribution in [-0.2, 0) is 0 Å². The largest absolute Gasteiger partial charge is 0.311 e. The summed E-state index contributed by atoms with van der Waals surface area (Å²) in [4.78, 5) is 2.56. The molecule has 13 heavy (non-hydrogen) atoms. The third kappa shape index (κ3) is 3.19. The van der Waals surface area contributed by atoms with Gasteiger partial charge in [-0.1, -0.05) is 6.92 Å². The summed E-state index contributed by atoms with van der Waals surface area (Å²) in [5.41, 5.74) is 0.977. The molecule has 1 aliphatic rings. The van der Waals surface area contributed by atoms with Crippen molar-refractivity contribution in [2.75, 3.05) is 19.6 Å². The maximum Gasteiger partial charge on any atom is 0.0255 e. The molecule has 3 atom stereocenters. The molecule has 0 spiro atoms. The van der Waals surface area contributed by atoms with Gasteiger partial charge in [0.1, 0.15) is 0 Å². The van der Waals surface area contributed by atoms with Gasteiger partial charge in [-0.05, 0) is 26.4 Å². The second-order valence-electron chi connectivity index (χ2n) is 5.04. The molecule has 0 bridgehead atoms. The fourth-order valence-corrected chi connectivity index (χ4v) is 2.00. The van der Waals surface area contributed by atoms with E-state index in [2.05, 4.69) is 47.2 Å². The molecule has 0 aliphatic carbocycles. The van der Waals surface area contributed by atoms with Crippen molar-refractivity contribution in [1.82, 2.24) is 10.2 Å². The Morgan fingerprint density at radius 3 is 2.54 bits per heavy atom. The molecule has 0 aromatic rings. The molecule has 1 aliphatic heterocycles. The third-order valence-corrected chi connectivity index (χ3v) is 3.25. The van der Waals surface area contributed by atoms with E-state index in [-0.39, 0.29) is 0 Å². The van der Waals surface area contributed by atoms with E-state index in [0.717, 1.165) is 6.54 Å². The Kier molecular flexibility index (Phi) is 3.73. The van der Waals surface area contributed by atoms with Gasteiger partial charge in [-0.15, -0.1) is 9.24 Å². The monoisotopic (exact) mass is 202 g/mol. The normalized spacial score (nSPS) is 28.8. The van der Waals surface area contributed by atoms with Crippen LogP contribution in [-0.4, -0.2) is 41.8 Å². The molecular weight excluding hydrogens is 179 g/mol. The van der Waals surface area contributed by atoms with Gasteiger partial charge in [0.2, 0.25) is 0 Å². The van der Waals surface area contributed by atoms with E-state index in [1.807, 2.05) is 0 Å². The predicted octanol–water partition coefficient (Wildman–Crippen LogP) is 1.32. The Morgan fingerprint density at radius 2 is 2.08 bits per heavy atom. The van der Waals surface area contributed by atoms with Gasteiger partial charge >= 0.3 is 0 Å². The third-order valence-electron chi connectivity index (χ3n) is 2.79. The highest BCUT2D eigenvalue weighted by atomic mass is 31.0. The summed E-state index contributed by atoms with van der Waals surface area (Å²) in [7, 11) is 2.89. The van der Waals surface area contributed by atoms with Gasteiger partial charge < -0.3 is 5.32 Å². The fraction of sp³-hybridized carbons (Fsp3) is 1.00.